The Morgan fingerprint density at radius 3 is 2.45 bits per heavy atom. The summed E-state index contributed by atoms with van der Waals surface area (Å²) in [5.74, 6) is 3.50. The molecule has 1 saturated carbocycles. The number of terminal acetylenes is 1. The van der Waals surface area contributed by atoms with Crippen LogP contribution in [0.4, 0.5) is 0 Å². The molecular weight excluding hydrogens is 136 g/mol. The van der Waals surface area contributed by atoms with E-state index >= 15 is 0 Å². The van der Waals surface area contributed by atoms with E-state index in [0.29, 0.717) is 6.10 Å². The number of hydrogen-bond donors (Lipinski definition) is 0. The van der Waals surface area contributed by atoms with Crippen LogP contribution in [0.2, 0.25) is 0 Å². The molecule has 0 spiro atoms. The Balaban J connectivity index is 2.20. The highest BCUT2D eigenvalue weighted by atomic mass is 16.5. The summed E-state index contributed by atoms with van der Waals surface area (Å²) in [6, 6.07) is 0. The van der Waals surface area contributed by atoms with Crippen molar-refractivity contribution in [3.63, 3.8) is 0 Å². The maximum absolute atomic E-state index is 5.27. The fourth-order valence-electron chi connectivity index (χ4n) is 1.74. The molecule has 0 atom stereocenters. The van der Waals surface area contributed by atoms with E-state index in [0.717, 1.165) is 12.3 Å². The summed E-state index contributed by atoms with van der Waals surface area (Å²) in [4.78, 5) is 0. The molecular formula is C10H16O. The van der Waals surface area contributed by atoms with Gasteiger partial charge in [-0.2, -0.15) is 0 Å². The molecule has 0 N–H and O–H groups in total. The van der Waals surface area contributed by atoms with Gasteiger partial charge in [-0.1, -0.05) is 0 Å². The van der Waals surface area contributed by atoms with Crippen molar-refractivity contribution in [3.05, 3.63) is 0 Å². The smallest absolute Gasteiger partial charge is 0.0571 e. The maximum atomic E-state index is 5.27. The van der Waals surface area contributed by atoms with E-state index < -0.39 is 0 Å². The molecule has 0 aliphatic heterocycles. The molecule has 11 heavy (non-hydrogen) atoms. The average Bonchev–Trinajstić information content (AvgIpc) is 2.07. The van der Waals surface area contributed by atoms with Crippen molar-refractivity contribution >= 4 is 0 Å². The number of ether oxygens (including phenoxy) is 1. The van der Waals surface area contributed by atoms with Crippen LogP contribution in [-0.2, 0) is 4.74 Å². The molecule has 1 nitrogen and oxygen atoms in total. The first kappa shape index (κ1) is 8.62. The van der Waals surface area contributed by atoms with Crippen molar-refractivity contribution in [2.45, 2.75) is 38.2 Å². The van der Waals surface area contributed by atoms with E-state index in [2.05, 4.69) is 5.92 Å². The van der Waals surface area contributed by atoms with Crippen LogP contribution in [0.25, 0.3) is 0 Å². The molecule has 0 amide bonds. The van der Waals surface area contributed by atoms with E-state index in [9.17, 15) is 0 Å². The van der Waals surface area contributed by atoms with Gasteiger partial charge in [0.2, 0.25) is 0 Å². The normalized spacial score (nSPS) is 31.3. The quantitative estimate of drug-likeness (QED) is 0.551. The minimum atomic E-state index is 0.504. The summed E-state index contributed by atoms with van der Waals surface area (Å²) in [5.41, 5.74) is 0. The summed E-state index contributed by atoms with van der Waals surface area (Å²) in [6.07, 6.45) is 11.6. The fourth-order valence-corrected chi connectivity index (χ4v) is 1.74. The van der Waals surface area contributed by atoms with Crippen LogP contribution in [0.5, 0.6) is 0 Å². The maximum Gasteiger partial charge on any atom is 0.0571 e. The van der Waals surface area contributed by atoms with Gasteiger partial charge < -0.3 is 4.74 Å². The Morgan fingerprint density at radius 1 is 1.36 bits per heavy atom. The third kappa shape index (κ3) is 2.55. The second-order valence-corrected chi connectivity index (χ2v) is 3.29. The van der Waals surface area contributed by atoms with Crippen LogP contribution >= 0.6 is 0 Å². The monoisotopic (exact) mass is 152 g/mol. The van der Waals surface area contributed by atoms with Gasteiger partial charge in [0, 0.05) is 13.5 Å². The minimum absolute atomic E-state index is 0.504. The van der Waals surface area contributed by atoms with Gasteiger partial charge in [-0.05, 0) is 31.6 Å². The minimum Gasteiger partial charge on any atom is -0.381 e. The van der Waals surface area contributed by atoms with E-state index in [4.69, 9.17) is 11.2 Å². The van der Waals surface area contributed by atoms with Gasteiger partial charge >= 0.3 is 0 Å². The van der Waals surface area contributed by atoms with Gasteiger partial charge in [0.05, 0.1) is 6.10 Å². The van der Waals surface area contributed by atoms with Gasteiger partial charge in [-0.15, -0.1) is 12.3 Å². The Kier molecular flexibility index (Phi) is 3.45. The standard InChI is InChI=1S/C10H16O/c1-3-4-9-5-7-10(11-2)8-6-9/h1,9-10H,4-8H2,2H3. The molecule has 0 unspecified atom stereocenters. The van der Waals surface area contributed by atoms with E-state index in [1.807, 2.05) is 0 Å². The third-order valence-corrected chi connectivity index (χ3v) is 2.53. The second-order valence-electron chi connectivity index (χ2n) is 3.29. The Morgan fingerprint density at radius 2 is 2.00 bits per heavy atom. The molecule has 1 aliphatic carbocycles. The highest BCUT2D eigenvalue weighted by Crippen LogP contribution is 2.27. The molecule has 62 valence electrons. The van der Waals surface area contributed by atoms with Crippen molar-refractivity contribution in [3.8, 4) is 12.3 Å². The van der Waals surface area contributed by atoms with Crippen molar-refractivity contribution in [1.82, 2.24) is 0 Å². The van der Waals surface area contributed by atoms with Crippen molar-refractivity contribution < 1.29 is 4.74 Å². The van der Waals surface area contributed by atoms with E-state index in [-0.39, 0.29) is 0 Å². The summed E-state index contributed by atoms with van der Waals surface area (Å²) < 4.78 is 5.27. The van der Waals surface area contributed by atoms with Gasteiger partial charge in [0.25, 0.3) is 0 Å². The zero-order valence-electron chi connectivity index (χ0n) is 7.18. The molecule has 1 rings (SSSR count). The molecule has 0 saturated heterocycles. The third-order valence-electron chi connectivity index (χ3n) is 2.53. The second kappa shape index (κ2) is 4.41. The molecule has 0 bridgehead atoms. The van der Waals surface area contributed by atoms with Crippen molar-refractivity contribution in [2.75, 3.05) is 7.11 Å². The van der Waals surface area contributed by atoms with Gasteiger partial charge in [-0.25, -0.2) is 0 Å². The molecule has 1 fully saturated rings. The number of methoxy groups -OCH3 is 1. The average molecular weight is 152 g/mol. The highest BCUT2D eigenvalue weighted by molar-refractivity contribution is 4.88. The van der Waals surface area contributed by atoms with Gasteiger partial charge in [0.15, 0.2) is 0 Å². The molecule has 0 radical (unpaired) electrons. The van der Waals surface area contributed by atoms with Crippen LogP contribution in [0.15, 0.2) is 0 Å². The molecule has 0 aromatic carbocycles. The summed E-state index contributed by atoms with van der Waals surface area (Å²) in [6.45, 7) is 0. The van der Waals surface area contributed by atoms with Crippen LogP contribution in [0.3, 0.4) is 0 Å². The first-order chi connectivity index (χ1) is 5.36. The largest absolute Gasteiger partial charge is 0.381 e. The topological polar surface area (TPSA) is 9.23 Å². The van der Waals surface area contributed by atoms with Crippen LogP contribution in [0, 0.1) is 18.3 Å². The Labute approximate surface area is 69.1 Å². The van der Waals surface area contributed by atoms with E-state index in [1.165, 1.54) is 25.7 Å². The summed E-state index contributed by atoms with van der Waals surface area (Å²) >= 11 is 0. The van der Waals surface area contributed by atoms with Crippen molar-refractivity contribution in [2.24, 2.45) is 5.92 Å². The van der Waals surface area contributed by atoms with E-state index in [1.54, 1.807) is 7.11 Å². The zero-order chi connectivity index (χ0) is 8.10. The zero-order valence-corrected chi connectivity index (χ0v) is 7.18. The molecule has 1 aliphatic rings. The van der Waals surface area contributed by atoms with Crippen LogP contribution in [-0.4, -0.2) is 13.2 Å². The molecule has 0 aromatic rings. The van der Waals surface area contributed by atoms with Crippen LogP contribution in [0.1, 0.15) is 32.1 Å². The lowest BCUT2D eigenvalue weighted by Crippen LogP contribution is -2.19. The lowest BCUT2D eigenvalue weighted by Gasteiger charge is -2.26. The predicted octanol–water partition coefficient (Wildman–Crippen LogP) is 2.21. The Hall–Kier alpha value is -0.480. The van der Waals surface area contributed by atoms with Crippen molar-refractivity contribution in [1.29, 1.82) is 0 Å². The molecule has 0 heterocycles. The summed E-state index contributed by atoms with van der Waals surface area (Å²) in [5, 5.41) is 0. The number of rotatable bonds is 2. The lowest BCUT2D eigenvalue weighted by molar-refractivity contribution is 0.0575. The van der Waals surface area contributed by atoms with Crippen LogP contribution < -0.4 is 0 Å². The van der Waals surface area contributed by atoms with Gasteiger partial charge in [-0.3, -0.25) is 0 Å². The molecule has 0 aromatic heterocycles. The fraction of sp³-hybridized carbons (Fsp3) is 0.800. The first-order valence-corrected chi connectivity index (χ1v) is 4.33. The van der Waals surface area contributed by atoms with Gasteiger partial charge in [0.1, 0.15) is 0 Å². The highest BCUT2D eigenvalue weighted by Gasteiger charge is 2.19. The Bertz CT molecular complexity index is 137. The number of hydrogen-bond acceptors (Lipinski definition) is 1. The lowest BCUT2D eigenvalue weighted by atomic mass is 9.85. The summed E-state index contributed by atoms with van der Waals surface area (Å²) in [7, 11) is 1.80. The SMILES string of the molecule is C#CCC1CCC(OC)CC1. The molecule has 1 heteroatoms. The predicted molar refractivity (Wildman–Crippen MR) is 46.2 cm³/mol. The first-order valence-electron chi connectivity index (χ1n) is 4.33.